The summed E-state index contributed by atoms with van der Waals surface area (Å²) in [4.78, 5) is 2.50. The third-order valence-corrected chi connectivity index (χ3v) is 3.57. The highest BCUT2D eigenvalue weighted by molar-refractivity contribution is 5.29. The summed E-state index contributed by atoms with van der Waals surface area (Å²) in [5.41, 5.74) is 2.34. The van der Waals surface area contributed by atoms with Crippen LogP contribution in [-0.2, 0) is 0 Å². The molecule has 1 atom stereocenters. The standard InChI is InChI=1S/C14H21FN2/c1-3-14(17-8-6-16-7-9-17)13-5-4-12(15)10-11(13)2/h4-5,10,14,16H,3,6-9H2,1-2H3/t14-/m1/s1. The van der Waals surface area contributed by atoms with Gasteiger partial charge in [0.15, 0.2) is 0 Å². The lowest BCUT2D eigenvalue weighted by Gasteiger charge is -2.35. The highest BCUT2D eigenvalue weighted by atomic mass is 19.1. The lowest BCUT2D eigenvalue weighted by atomic mass is 9.97. The van der Waals surface area contributed by atoms with Crippen LogP contribution in [0.5, 0.6) is 0 Å². The summed E-state index contributed by atoms with van der Waals surface area (Å²) in [5, 5.41) is 3.37. The van der Waals surface area contributed by atoms with E-state index in [0.717, 1.165) is 38.2 Å². The smallest absolute Gasteiger partial charge is 0.123 e. The number of piperazine rings is 1. The third kappa shape index (κ3) is 2.85. The summed E-state index contributed by atoms with van der Waals surface area (Å²) in [7, 11) is 0. The molecule has 1 aliphatic rings. The van der Waals surface area contributed by atoms with Gasteiger partial charge in [-0.1, -0.05) is 13.0 Å². The molecule has 1 saturated heterocycles. The maximum absolute atomic E-state index is 13.1. The van der Waals surface area contributed by atoms with E-state index in [1.165, 1.54) is 5.56 Å². The Hall–Kier alpha value is -0.930. The molecular formula is C14H21FN2. The molecule has 1 aliphatic heterocycles. The lowest BCUT2D eigenvalue weighted by Crippen LogP contribution is -2.45. The molecule has 2 nitrogen and oxygen atoms in total. The van der Waals surface area contributed by atoms with Crippen molar-refractivity contribution in [2.24, 2.45) is 0 Å². The predicted molar refractivity (Wildman–Crippen MR) is 68.6 cm³/mol. The van der Waals surface area contributed by atoms with Crippen LogP contribution in [0, 0.1) is 12.7 Å². The van der Waals surface area contributed by atoms with E-state index < -0.39 is 0 Å². The second kappa shape index (κ2) is 5.61. The van der Waals surface area contributed by atoms with E-state index in [-0.39, 0.29) is 5.82 Å². The molecule has 1 fully saturated rings. The Balaban J connectivity index is 2.21. The Morgan fingerprint density at radius 2 is 2.06 bits per heavy atom. The van der Waals surface area contributed by atoms with E-state index in [1.807, 2.05) is 13.0 Å². The topological polar surface area (TPSA) is 15.3 Å². The van der Waals surface area contributed by atoms with E-state index in [4.69, 9.17) is 0 Å². The van der Waals surface area contributed by atoms with Crippen LogP contribution in [0.1, 0.15) is 30.5 Å². The van der Waals surface area contributed by atoms with Crippen LogP contribution in [0.25, 0.3) is 0 Å². The normalized spacial score (nSPS) is 19.2. The van der Waals surface area contributed by atoms with Crippen molar-refractivity contribution in [3.63, 3.8) is 0 Å². The fourth-order valence-corrected chi connectivity index (χ4v) is 2.68. The molecule has 1 aromatic carbocycles. The van der Waals surface area contributed by atoms with Gasteiger partial charge >= 0.3 is 0 Å². The maximum atomic E-state index is 13.1. The molecular weight excluding hydrogens is 215 g/mol. The Morgan fingerprint density at radius 1 is 1.35 bits per heavy atom. The molecule has 0 spiro atoms. The van der Waals surface area contributed by atoms with Gasteiger partial charge < -0.3 is 5.32 Å². The molecule has 0 unspecified atom stereocenters. The zero-order valence-electron chi connectivity index (χ0n) is 10.7. The minimum atomic E-state index is -0.138. The number of nitrogens with one attached hydrogen (secondary N) is 1. The lowest BCUT2D eigenvalue weighted by molar-refractivity contribution is 0.169. The summed E-state index contributed by atoms with van der Waals surface area (Å²) < 4.78 is 13.1. The zero-order chi connectivity index (χ0) is 12.3. The summed E-state index contributed by atoms with van der Waals surface area (Å²) in [6, 6.07) is 5.59. The van der Waals surface area contributed by atoms with Crippen molar-refractivity contribution in [1.82, 2.24) is 10.2 Å². The summed E-state index contributed by atoms with van der Waals surface area (Å²) >= 11 is 0. The first-order chi connectivity index (χ1) is 8.22. The first kappa shape index (κ1) is 12.5. The summed E-state index contributed by atoms with van der Waals surface area (Å²) in [5.74, 6) is -0.138. The van der Waals surface area contributed by atoms with Gasteiger partial charge in [-0.2, -0.15) is 0 Å². The van der Waals surface area contributed by atoms with Crippen molar-refractivity contribution in [1.29, 1.82) is 0 Å². The molecule has 0 radical (unpaired) electrons. The summed E-state index contributed by atoms with van der Waals surface area (Å²) in [6.45, 7) is 8.47. The molecule has 3 heteroatoms. The predicted octanol–water partition coefficient (Wildman–Crippen LogP) is 2.49. The summed E-state index contributed by atoms with van der Waals surface area (Å²) in [6.07, 6.45) is 1.08. The van der Waals surface area contributed by atoms with Crippen molar-refractivity contribution in [3.05, 3.63) is 35.1 Å². The Morgan fingerprint density at radius 3 is 2.65 bits per heavy atom. The van der Waals surface area contributed by atoms with E-state index in [0.29, 0.717) is 6.04 Å². The highest BCUT2D eigenvalue weighted by Gasteiger charge is 2.21. The van der Waals surface area contributed by atoms with Crippen LogP contribution in [0.2, 0.25) is 0 Å². The number of rotatable bonds is 3. The minimum absolute atomic E-state index is 0.138. The number of benzene rings is 1. The average molecular weight is 236 g/mol. The second-order valence-corrected chi connectivity index (χ2v) is 4.71. The van der Waals surface area contributed by atoms with Crippen molar-refractivity contribution in [2.45, 2.75) is 26.3 Å². The Bertz CT molecular complexity index is 372. The van der Waals surface area contributed by atoms with Gasteiger partial charge in [0.1, 0.15) is 5.82 Å². The van der Waals surface area contributed by atoms with Crippen LogP contribution in [0.3, 0.4) is 0 Å². The molecule has 2 rings (SSSR count). The van der Waals surface area contributed by atoms with Gasteiger partial charge in [-0.25, -0.2) is 4.39 Å². The van der Waals surface area contributed by atoms with Crippen LogP contribution >= 0.6 is 0 Å². The van der Waals surface area contributed by atoms with Crippen molar-refractivity contribution in [2.75, 3.05) is 26.2 Å². The molecule has 0 aliphatic carbocycles. The average Bonchev–Trinajstić information content (AvgIpc) is 2.34. The van der Waals surface area contributed by atoms with Crippen molar-refractivity contribution >= 4 is 0 Å². The Kier molecular flexibility index (Phi) is 4.13. The van der Waals surface area contributed by atoms with Crippen molar-refractivity contribution in [3.8, 4) is 0 Å². The molecule has 0 aromatic heterocycles. The molecule has 1 heterocycles. The largest absolute Gasteiger partial charge is 0.314 e. The molecule has 94 valence electrons. The van der Waals surface area contributed by atoms with Crippen LogP contribution in [-0.4, -0.2) is 31.1 Å². The zero-order valence-corrected chi connectivity index (χ0v) is 10.7. The monoisotopic (exact) mass is 236 g/mol. The number of hydrogen-bond acceptors (Lipinski definition) is 2. The second-order valence-electron chi connectivity index (χ2n) is 4.71. The first-order valence-electron chi connectivity index (χ1n) is 6.43. The molecule has 0 saturated carbocycles. The molecule has 0 amide bonds. The minimum Gasteiger partial charge on any atom is -0.314 e. The van der Waals surface area contributed by atoms with Crippen LogP contribution < -0.4 is 5.32 Å². The number of halogens is 1. The maximum Gasteiger partial charge on any atom is 0.123 e. The Labute approximate surface area is 103 Å². The van der Waals surface area contributed by atoms with E-state index in [1.54, 1.807) is 12.1 Å². The van der Waals surface area contributed by atoms with Gasteiger partial charge in [-0.3, -0.25) is 4.90 Å². The SMILES string of the molecule is CC[C@H](c1ccc(F)cc1C)N1CCNCC1. The van der Waals surface area contributed by atoms with Crippen LogP contribution in [0.15, 0.2) is 18.2 Å². The van der Waals surface area contributed by atoms with E-state index in [2.05, 4.69) is 17.1 Å². The highest BCUT2D eigenvalue weighted by Crippen LogP contribution is 2.27. The molecule has 1 N–H and O–H groups in total. The molecule has 17 heavy (non-hydrogen) atoms. The van der Waals surface area contributed by atoms with E-state index >= 15 is 0 Å². The van der Waals surface area contributed by atoms with E-state index in [9.17, 15) is 4.39 Å². The number of aryl methyl sites for hydroxylation is 1. The third-order valence-electron chi connectivity index (χ3n) is 3.57. The fraction of sp³-hybridized carbons (Fsp3) is 0.571. The fourth-order valence-electron chi connectivity index (χ4n) is 2.68. The van der Waals surface area contributed by atoms with Crippen LogP contribution in [0.4, 0.5) is 4.39 Å². The van der Waals surface area contributed by atoms with Gasteiger partial charge in [-0.15, -0.1) is 0 Å². The first-order valence-corrected chi connectivity index (χ1v) is 6.43. The van der Waals surface area contributed by atoms with Gasteiger partial charge in [0.25, 0.3) is 0 Å². The van der Waals surface area contributed by atoms with Gasteiger partial charge in [0.05, 0.1) is 0 Å². The van der Waals surface area contributed by atoms with Gasteiger partial charge in [0, 0.05) is 32.2 Å². The quantitative estimate of drug-likeness (QED) is 0.867. The number of hydrogen-bond donors (Lipinski definition) is 1. The molecule has 1 aromatic rings. The van der Waals surface area contributed by atoms with Gasteiger partial charge in [-0.05, 0) is 36.6 Å². The number of nitrogens with zero attached hydrogens (tertiary/aromatic N) is 1. The van der Waals surface area contributed by atoms with Crippen molar-refractivity contribution < 1.29 is 4.39 Å². The van der Waals surface area contributed by atoms with Gasteiger partial charge in [0.2, 0.25) is 0 Å². The molecule has 0 bridgehead atoms.